The molecule has 0 saturated heterocycles. The van der Waals surface area contributed by atoms with Crippen LogP contribution in [0.5, 0.6) is 0 Å². The number of benzene rings is 1. The van der Waals surface area contributed by atoms with E-state index in [4.69, 9.17) is 0 Å². The van der Waals surface area contributed by atoms with Crippen molar-refractivity contribution in [3.05, 3.63) is 64.0 Å². The third-order valence-corrected chi connectivity index (χ3v) is 4.14. The molecular weight excluding hydrogens is 333 g/mol. The number of hydrogen-bond donors (Lipinski definition) is 1. The first-order chi connectivity index (χ1) is 11.7. The topological polar surface area (TPSA) is 90.0 Å². The van der Waals surface area contributed by atoms with Gasteiger partial charge in [-0.25, -0.2) is 14.1 Å². The number of aromatic nitrogens is 6. The molecule has 8 nitrogen and oxygen atoms in total. The molecule has 0 saturated carbocycles. The molecule has 0 fully saturated rings. The van der Waals surface area contributed by atoms with Crippen LogP contribution in [0.3, 0.4) is 0 Å². The molecule has 0 radical (unpaired) electrons. The quantitative estimate of drug-likeness (QED) is 0.604. The molecule has 120 valence electrons. The Bertz CT molecular complexity index is 1060. The van der Waals surface area contributed by atoms with Crippen molar-refractivity contribution in [2.45, 2.75) is 6.54 Å². The summed E-state index contributed by atoms with van der Waals surface area (Å²) in [6.07, 6.45) is 3.09. The maximum atomic E-state index is 14.0. The Morgan fingerprint density at radius 2 is 2.21 bits per heavy atom. The third-order valence-electron chi connectivity index (χ3n) is 3.38. The minimum absolute atomic E-state index is 0.166. The molecule has 3 heterocycles. The SMILES string of the molecule is O=c1cc(CNc2cc(-n3cnnn3)ccc2F)nc2sccn12. The van der Waals surface area contributed by atoms with Crippen molar-refractivity contribution in [1.82, 2.24) is 29.6 Å². The lowest BCUT2D eigenvalue weighted by atomic mass is 10.2. The van der Waals surface area contributed by atoms with Crippen LogP contribution in [0.25, 0.3) is 10.6 Å². The Kier molecular flexibility index (Phi) is 3.50. The second kappa shape index (κ2) is 5.81. The molecule has 0 spiro atoms. The predicted molar refractivity (Wildman–Crippen MR) is 85.8 cm³/mol. The number of anilines is 1. The Balaban J connectivity index is 1.60. The standard InChI is InChI=1S/C14H10FN7OS/c15-11-2-1-10(22-8-17-19-20-22)6-12(11)16-7-9-5-13(23)21-3-4-24-14(21)18-9/h1-6,8,16H,7H2. The van der Waals surface area contributed by atoms with E-state index < -0.39 is 5.82 Å². The molecule has 4 rings (SSSR count). The fourth-order valence-electron chi connectivity index (χ4n) is 2.24. The van der Waals surface area contributed by atoms with E-state index in [-0.39, 0.29) is 17.8 Å². The van der Waals surface area contributed by atoms with E-state index in [2.05, 4.69) is 25.8 Å². The van der Waals surface area contributed by atoms with Crippen LogP contribution < -0.4 is 10.9 Å². The van der Waals surface area contributed by atoms with Gasteiger partial charge in [0, 0.05) is 17.6 Å². The molecule has 1 aromatic carbocycles. The Morgan fingerprint density at radius 3 is 3.04 bits per heavy atom. The van der Waals surface area contributed by atoms with E-state index in [0.29, 0.717) is 16.3 Å². The number of nitrogens with one attached hydrogen (secondary N) is 1. The van der Waals surface area contributed by atoms with Crippen molar-refractivity contribution in [1.29, 1.82) is 0 Å². The van der Waals surface area contributed by atoms with Crippen LogP contribution in [0.15, 0.2) is 47.0 Å². The van der Waals surface area contributed by atoms with Crippen molar-refractivity contribution >= 4 is 22.0 Å². The molecule has 3 aromatic heterocycles. The summed E-state index contributed by atoms with van der Waals surface area (Å²) in [6.45, 7) is 0.222. The van der Waals surface area contributed by atoms with E-state index in [0.717, 1.165) is 0 Å². The van der Waals surface area contributed by atoms with Gasteiger partial charge in [0.15, 0.2) is 4.96 Å². The zero-order valence-corrected chi connectivity index (χ0v) is 12.9. The summed E-state index contributed by atoms with van der Waals surface area (Å²) in [5.41, 5.74) is 1.26. The summed E-state index contributed by atoms with van der Waals surface area (Å²) in [7, 11) is 0. The minimum atomic E-state index is -0.416. The Hall–Kier alpha value is -3.14. The van der Waals surface area contributed by atoms with Crippen molar-refractivity contribution in [3.8, 4) is 5.69 Å². The van der Waals surface area contributed by atoms with Crippen LogP contribution >= 0.6 is 11.3 Å². The number of halogens is 1. The Morgan fingerprint density at radius 1 is 1.29 bits per heavy atom. The van der Waals surface area contributed by atoms with E-state index in [1.807, 2.05) is 0 Å². The monoisotopic (exact) mass is 343 g/mol. The van der Waals surface area contributed by atoms with E-state index in [1.54, 1.807) is 23.7 Å². The van der Waals surface area contributed by atoms with Gasteiger partial charge >= 0.3 is 0 Å². The van der Waals surface area contributed by atoms with Gasteiger partial charge < -0.3 is 5.32 Å². The molecule has 24 heavy (non-hydrogen) atoms. The lowest BCUT2D eigenvalue weighted by molar-refractivity contribution is 0.629. The second-order valence-electron chi connectivity index (χ2n) is 4.91. The van der Waals surface area contributed by atoms with E-state index in [1.165, 1.54) is 38.9 Å². The highest BCUT2D eigenvalue weighted by atomic mass is 32.1. The third kappa shape index (κ3) is 2.63. The summed E-state index contributed by atoms with van der Waals surface area (Å²) in [6, 6.07) is 5.90. The van der Waals surface area contributed by atoms with E-state index >= 15 is 0 Å². The first-order valence-electron chi connectivity index (χ1n) is 6.93. The summed E-state index contributed by atoms with van der Waals surface area (Å²) < 4.78 is 16.9. The smallest absolute Gasteiger partial charge is 0.258 e. The van der Waals surface area contributed by atoms with Crippen molar-refractivity contribution in [3.63, 3.8) is 0 Å². The average Bonchev–Trinajstić information content (AvgIpc) is 3.25. The van der Waals surface area contributed by atoms with Crippen LogP contribution in [-0.4, -0.2) is 29.6 Å². The molecule has 0 aliphatic rings. The highest BCUT2D eigenvalue weighted by Gasteiger charge is 2.08. The zero-order chi connectivity index (χ0) is 16.5. The molecule has 4 aromatic rings. The molecule has 0 unspecified atom stereocenters. The molecule has 0 amide bonds. The molecule has 10 heteroatoms. The maximum absolute atomic E-state index is 14.0. The summed E-state index contributed by atoms with van der Waals surface area (Å²) >= 11 is 1.37. The number of tetrazole rings is 1. The van der Waals surface area contributed by atoms with Crippen LogP contribution in [0.2, 0.25) is 0 Å². The van der Waals surface area contributed by atoms with Crippen molar-refractivity contribution in [2.24, 2.45) is 0 Å². The molecule has 1 N–H and O–H groups in total. The van der Waals surface area contributed by atoms with Crippen LogP contribution in [0.1, 0.15) is 5.69 Å². The van der Waals surface area contributed by atoms with Gasteiger partial charge in [-0.2, -0.15) is 0 Å². The van der Waals surface area contributed by atoms with Gasteiger partial charge in [0.25, 0.3) is 5.56 Å². The summed E-state index contributed by atoms with van der Waals surface area (Å²) in [4.78, 5) is 16.9. The lowest BCUT2D eigenvalue weighted by Gasteiger charge is -2.09. The van der Waals surface area contributed by atoms with Gasteiger partial charge in [0.05, 0.1) is 23.6 Å². The van der Waals surface area contributed by atoms with Crippen LogP contribution in [0.4, 0.5) is 10.1 Å². The van der Waals surface area contributed by atoms with Gasteiger partial charge in [-0.15, -0.1) is 16.4 Å². The number of hydrogen-bond acceptors (Lipinski definition) is 7. The second-order valence-corrected chi connectivity index (χ2v) is 5.79. The number of fused-ring (bicyclic) bond motifs is 1. The molecule has 0 aliphatic heterocycles. The fraction of sp³-hybridized carbons (Fsp3) is 0.0714. The zero-order valence-electron chi connectivity index (χ0n) is 12.1. The van der Waals surface area contributed by atoms with Gasteiger partial charge in [0.1, 0.15) is 12.1 Å². The normalized spacial score (nSPS) is 11.0. The van der Waals surface area contributed by atoms with Crippen LogP contribution in [-0.2, 0) is 6.54 Å². The minimum Gasteiger partial charge on any atom is -0.377 e. The highest BCUT2D eigenvalue weighted by Crippen LogP contribution is 2.19. The number of thiazole rings is 1. The maximum Gasteiger partial charge on any atom is 0.258 e. The van der Waals surface area contributed by atoms with Gasteiger partial charge in [0.2, 0.25) is 0 Å². The number of rotatable bonds is 4. The van der Waals surface area contributed by atoms with Gasteiger partial charge in [-0.3, -0.25) is 9.20 Å². The first kappa shape index (κ1) is 14.5. The Labute approximate surface area is 138 Å². The van der Waals surface area contributed by atoms with Crippen LogP contribution in [0, 0.1) is 5.82 Å². The number of nitrogens with zero attached hydrogens (tertiary/aromatic N) is 6. The molecule has 0 bridgehead atoms. The lowest BCUT2D eigenvalue weighted by Crippen LogP contribution is -2.15. The largest absolute Gasteiger partial charge is 0.377 e. The average molecular weight is 343 g/mol. The van der Waals surface area contributed by atoms with Gasteiger partial charge in [-0.05, 0) is 28.6 Å². The molecule has 0 aliphatic carbocycles. The highest BCUT2D eigenvalue weighted by molar-refractivity contribution is 7.15. The van der Waals surface area contributed by atoms with Crippen molar-refractivity contribution < 1.29 is 4.39 Å². The van der Waals surface area contributed by atoms with Gasteiger partial charge in [-0.1, -0.05) is 0 Å². The first-order valence-corrected chi connectivity index (χ1v) is 7.81. The molecule has 0 atom stereocenters. The van der Waals surface area contributed by atoms with Crippen molar-refractivity contribution in [2.75, 3.05) is 5.32 Å². The summed E-state index contributed by atoms with van der Waals surface area (Å²) in [5, 5.41) is 15.6. The fourth-order valence-corrected chi connectivity index (χ4v) is 2.97. The van der Waals surface area contributed by atoms with E-state index in [9.17, 15) is 9.18 Å². The molecular formula is C14H10FN7OS. The predicted octanol–water partition coefficient (Wildman–Crippen LogP) is 1.48. The summed E-state index contributed by atoms with van der Waals surface area (Å²) in [5.74, 6) is -0.416.